The van der Waals surface area contributed by atoms with Crippen LogP contribution < -0.4 is 16.0 Å². The van der Waals surface area contributed by atoms with Crippen molar-refractivity contribution in [1.82, 2.24) is 9.88 Å². The van der Waals surface area contributed by atoms with Crippen molar-refractivity contribution in [3.05, 3.63) is 47.7 Å². The Kier molecular flexibility index (Phi) is 5.02. The molecule has 0 aliphatic carbocycles. The number of fused-ring (bicyclic) bond motifs is 1. The highest BCUT2D eigenvalue weighted by molar-refractivity contribution is 6.07. The van der Waals surface area contributed by atoms with Crippen LogP contribution in [0.5, 0.6) is 0 Å². The first-order valence-corrected chi connectivity index (χ1v) is 9.34. The fourth-order valence-corrected chi connectivity index (χ4v) is 3.52. The number of hydrogen-bond acceptors (Lipinski definition) is 5. The van der Waals surface area contributed by atoms with Gasteiger partial charge in [0, 0.05) is 18.4 Å². The lowest BCUT2D eigenvalue weighted by atomic mass is 10.1. The number of likely N-dealkylation sites (tertiary alicyclic amines) is 1. The number of pyridine rings is 1. The molecule has 2 aromatic rings. The molecular weight excluding hydrogens is 342 g/mol. The second-order valence-corrected chi connectivity index (χ2v) is 6.97. The van der Waals surface area contributed by atoms with E-state index in [2.05, 4.69) is 31.9 Å². The van der Waals surface area contributed by atoms with Gasteiger partial charge < -0.3 is 16.0 Å². The first-order chi connectivity index (χ1) is 13.2. The van der Waals surface area contributed by atoms with Gasteiger partial charge in [0.2, 0.25) is 5.91 Å². The lowest BCUT2D eigenvalue weighted by Crippen LogP contribution is -2.29. The van der Waals surface area contributed by atoms with Gasteiger partial charge >= 0.3 is 0 Å². The molecule has 0 radical (unpaired) electrons. The topological polar surface area (TPSA) is 86.4 Å². The molecular formula is C20H23N5O2. The van der Waals surface area contributed by atoms with Crippen LogP contribution in [-0.4, -0.2) is 41.3 Å². The fraction of sp³-hybridized carbons (Fsp3) is 0.350. The minimum atomic E-state index is -0.240. The van der Waals surface area contributed by atoms with E-state index in [1.54, 1.807) is 6.07 Å². The lowest BCUT2D eigenvalue weighted by Gasteiger charge is -2.27. The molecule has 27 heavy (non-hydrogen) atoms. The summed E-state index contributed by atoms with van der Waals surface area (Å²) < 4.78 is 0. The number of piperidine rings is 1. The summed E-state index contributed by atoms with van der Waals surface area (Å²) in [6.07, 6.45) is 5.28. The van der Waals surface area contributed by atoms with E-state index >= 15 is 0 Å². The SMILES string of the molecule is O=C1CNc2ncc(C(=O)Nc3ccccc3CN3CCCCC3)cc2N1. The summed E-state index contributed by atoms with van der Waals surface area (Å²) in [6, 6.07) is 9.54. The second kappa shape index (κ2) is 7.75. The van der Waals surface area contributed by atoms with Crippen molar-refractivity contribution in [3.63, 3.8) is 0 Å². The summed E-state index contributed by atoms with van der Waals surface area (Å²) >= 11 is 0. The number of nitrogens with zero attached hydrogens (tertiary/aromatic N) is 2. The number of rotatable bonds is 4. The molecule has 4 rings (SSSR count). The Balaban J connectivity index is 1.50. The van der Waals surface area contributed by atoms with E-state index in [9.17, 15) is 9.59 Å². The maximum atomic E-state index is 12.7. The number of anilines is 3. The number of amides is 2. The molecule has 0 atom stereocenters. The predicted octanol–water partition coefficient (Wildman–Crippen LogP) is 2.68. The molecule has 2 amide bonds. The molecule has 0 saturated carbocycles. The number of hydrogen-bond donors (Lipinski definition) is 3. The molecule has 7 heteroatoms. The van der Waals surface area contributed by atoms with Crippen molar-refractivity contribution < 1.29 is 9.59 Å². The standard InChI is InChI=1S/C20H23N5O2/c26-18-12-22-19-17(23-18)10-15(11-21-19)20(27)24-16-7-3-2-6-14(16)13-25-8-4-1-5-9-25/h2-3,6-7,10-11H,1,4-5,8-9,12-13H2,(H,21,22)(H,23,26)(H,24,27). The Bertz CT molecular complexity index is 861. The van der Waals surface area contributed by atoms with Crippen LogP contribution in [-0.2, 0) is 11.3 Å². The van der Waals surface area contributed by atoms with Gasteiger partial charge in [0.25, 0.3) is 5.91 Å². The van der Waals surface area contributed by atoms with Crippen LogP contribution in [0.15, 0.2) is 36.5 Å². The van der Waals surface area contributed by atoms with Crippen molar-refractivity contribution >= 4 is 29.0 Å². The number of carbonyl (C=O) groups excluding carboxylic acids is 2. The molecule has 7 nitrogen and oxygen atoms in total. The van der Waals surface area contributed by atoms with Gasteiger partial charge in [0.1, 0.15) is 5.82 Å². The van der Waals surface area contributed by atoms with Crippen LogP contribution >= 0.6 is 0 Å². The van der Waals surface area contributed by atoms with Crippen molar-refractivity contribution in [3.8, 4) is 0 Å². The molecule has 3 N–H and O–H groups in total. The minimum absolute atomic E-state index is 0.145. The van der Waals surface area contributed by atoms with Gasteiger partial charge in [-0.1, -0.05) is 24.6 Å². The van der Waals surface area contributed by atoms with Gasteiger partial charge in [-0.05, 0) is 43.6 Å². The predicted molar refractivity (Wildman–Crippen MR) is 105 cm³/mol. The Morgan fingerprint density at radius 1 is 1.19 bits per heavy atom. The van der Waals surface area contributed by atoms with Crippen LogP contribution in [0, 0.1) is 0 Å². The third kappa shape index (κ3) is 4.09. The molecule has 1 aromatic carbocycles. The van der Waals surface area contributed by atoms with Gasteiger partial charge in [-0.2, -0.15) is 0 Å². The molecule has 1 saturated heterocycles. The Labute approximate surface area is 158 Å². The largest absolute Gasteiger partial charge is 0.359 e. The van der Waals surface area contributed by atoms with Crippen molar-refractivity contribution in [2.45, 2.75) is 25.8 Å². The minimum Gasteiger partial charge on any atom is -0.359 e. The van der Waals surface area contributed by atoms with E-state index in [0.717, 1.165) is 30.9 Å². The average Bonchev–Trinajstić information content (AvgIpc) is 2.69. The second-order valence-electron chi connectivity index (χ2n) is 6.97. The molecule has 0 unspecified atom stereocenters. The summed E-state index contributed by atoms with van der Waals surface area (Å²) in [5, 5.41) is 8.65. The van der Waals surface area contributed by atoms with Crippen LogP contribution in [0.4, 0.5) is 17.2 Å². The number of benzene rings is 1. The van der Waals surface area contributed by atoms with Crippen LogP contribution in [0.2, 0.25) is 0 Å². The molecule has 0 bridgehead atoms. The Morgan fingerprint density at radius 3 is 2.85 bits per heavy atom. The van der Waals surface area contributed by atoms with Crippen molar-refractivity contribution in [1.29, 1.82) is 0 Å². The number of nitrogens with one attached hydrogen (secondary N) is 3. The van der Waals surface area contributed by atoms with Gasteiger partial charge in [-0.25, -0.2) is 4.98 Å². The zero-order chi connectivity index (χ0) is 18.6. The summed E-state index contributed by atoms with van der Waals surface area (Å²) in [5.41, 5.74) is 2.85. The fourth-order valence-electron chi connectivity index (χ4n) is 3.52. The maximum absolute atomic E-state index is 12.7. The molecule has 2 aliphatic rings. The lowest BCUT2D eigenvalue weighted by molar-refractivity contribution is -0.114. The van der Waals surface area contributed by atoms with Gasteiger partial charge in [-0.3, -0.25) is 14.5 Å². The molecule has 0 spiro atoms. The monoisotopic (exact) mass is 365 g/mol. The summed E-state index contributed by atoms with van der Waals surface area (Å²) in [4.78, 5) is 30.9. The Hall–Kier alpha value is -2.93. The van der Waals surface area contributed by atoms with E-state index in [0.29, 0.717) is 17.1 Å². The highest BCUT2D eigenvalue weighted by atomic mass is 16.2. The molecule has 1 aromatic heterocycles. The quantitative estimate of drug-likeness (QED) is 0.776. The van der Waals surface area contributed by atoms with E-state index in [1.165, 1.54) is 25.5 Å². The summed E-state index contributed by atoms with van der Waals surface area (Å²) in [6.45, 7) is 3.22. The number of para-hydroxylation sites is 1. The van der Waals surface area contributed by atoms with Crippen molar-refractivity contribution in [2.75, 3.05) is 35.6 Å². The zero-order valence-electron chi connectivity index (χ0n) is 15.1. The highest BCUT2D eigenvalue weighted by Crippen LogP contribution is 2.24. The van der Waals surface area contributed by atoms with E-state index in [4.69, 9.17) is 0 Å². The number of aromatic nitrogens is 1. The zero-order valence-corrected chi connectivity index (χ0v) is 15.1. The normalized spacial score (nSPS) is 16.8. The summed E-state index contributed by atoms with van der Waals surface area (Å²) in [7, 11) is 0. The number of carbonyl (C=O) groups is 2. The molecule has 3 heterocycles. The molecule has 1 fully saturated rings. The Morgan fingerprint density at radius 2 is 2.00 bits per heavy atom. The van der Waals surface area contributed by atoms with Crippen LogP contribution in [0.25, 0.3) is 0 Å². The molecule has 2 aliphatic heterocycles. The first kappa shape index (κ1) is 17.5. The average molecular weight is 365 g/mol. The van der Waals surface area contributed by atoms with E-state index < -0.39 is 0 Å². The van der Waals surface area contributed by atoms with Crippen LogP contribution in [0.3, 0.4) is 0 Å². The van der Waals surface area contributed by atoms with Gasteiger partial charge in [-0.15, -0.1) is 0 Å². The smallest absolute Gasteiger partial charge is 0.257 e. The van der Waals surface area contributed by atoms with Gasteiger partial charge in [0.05, 0.1) is 17.8 Å². The van der Waals surface area contributed by atoms with E-state index in [-0.39, 0.29) is 18.4 Å². The highest BCUT2D eigenvalue weighted by Gasteiger charge is 2.18. The third-order valence-electron chi connectivity index (χ3n) is 4.95. The van der Waals surface area contributed by atoms with Crippen molar-refractivity contribution in [2.24, 2.45) is 0 Å². The third-order valence-corrected chi connectivity index (χ3v) is 4.95. The van der Waals surface area contributed by atoms with Crippen LogP contribution in [0.1, 0.15) is 35.2 Å². The van der Waals surface area contributed by atoms with Gasteiger partial charge in [0.15, 0.2) is 0 Å². The molecule has 140 valence electrons. The first-order valence-electron chi connectivity index (χ1n) is 9.34. The van der Waals surface area contributed by atoms with E-state index in [1.807, 2.05) is 18.2 Å². The maximum Gasteiger partial charge on any atom is 0.257 e. The summed E-state index contributed by atoms with van der Waals surface area (Å²) in [5.74, 6) is 0.196.